The molecule has 1 aliphatic heterocycles. The van der Waals surface area contributed by atoms with Crippen molar-refractivity contribution in [1.29, 1.82) is 0 Å². The lowest BCUT2D eigenvalue weighted by Gasteiger charge is -2.28. The second-order valence-electron chi connectivity index (χ2n) is 10.6. The van der Waals surface area contributed by atoms with Crippen molar-refractivity contribution in [1.82, 2.24) is 15.5 Å². The first-order valence-electron chi connectivity index (χ1n) is 12.3. The van der Waals surface area contributed by atoms with Gasteiger partial charge in [0.05, 0.1) is 6.04 Å². The molecule has 5 N–H and O–H groups in total. The fourth-order valence-electron chi connectivity index (χ4n) is 4.05. The highest BCUT2D eigenvalue weighted by atomic mass is 32.2. The van der Waals surface area contributed by atoms with Gasteiger partial charge in [0.25, 0.3) is 21.9 Å². The number of hydrogen-bond acceptors (Lipinski definition) is 8. The Bertz CT molecular complexity index is 1060. The zero-order valence-electron chi connectivity index (χ0n) is 22.4. The molecule has 0 aromatic carbocycles. The highest BCUT2D eigenvalue weighted by molar-refractivity contribution is 7.87. The van der Waals surface area contributed by atoms with Crippen LogP contribution in [0, 0.1) is 17.3 Å². The number of nitrogens with two attached hydrogens (primary N) is 1. The molecule has 0 aliphatic carbocycles. The summed E-state index contributed by atoms with van der Waals surface area (Å²) in [6, 6.07) is -1.90. The molecule has 0 aromatic heterocycles. The van der Waals surface area contributed by atoms with Gasteiger partial charge in [-0.15, -0.1) is 0 Å². The van der Waals surface area contributed by atoms with Crippen LogP contribution >= 0.6 is 0 Å². The van der Waals surface area contributed by atoms with Crippen LogP contribution < -0.4 is 16.4 Å². The SMILES string of the molecule is CC(C)[C@H](NC(=O)[C@H](CCN1C(=O)C=CC1=O)S(=O)(=O)O)C(=O)C[C@@H](CCCNC(N)=O)C(=O)C(C)(C)C. The van der Waals surface area contributed by atoms with Gasteiger partial charge in [-0.3, -0.25) is 33.4 Å². The lowest BCUT2D eigenvalue weighted by molar-refractivity contribution is -0.137. The van der Waals surface area contributed by atoms with E-state index < -0.39 is 81.2 Å². The second-order valence-corrected chi connectivity index (χ2v) is 12.2. The molecule has 0 fully saturated rings. The second kappa shape index (κ2) is 13.6. The predicted molar refractivity (Wildman–Crippen MR) is 137 cm³/mol. The average molecular weight is 559 g/mol. The van der Waals surface area contributed by atoms with Crippen molar-refractivity contribution < 1.29 is 41.7 Å². The molecule has 1 aliphatic rings. The molecule has 0 aromatic rings. The molecule has 1 heterocycles. The van der Waals surface area contributed by atoms with Gasteiger partial charge >= 0.3 is 6.03 Å². The fraction of sp³-hybridized carbons (Fsp3) is 0.667. The largest absolute Gasteiger partial charge is 0.352 e. The smallest absolute Gasteiger partial charge is 0.312 e. The van der Waals surface area contributed by atoms with E-state index in [0.717, 1.165) is 17.1 Å². The van der Waals surface area contributed by atoms with Gasteiger partial charge < -0.3 is 16.4 Å². The highest BCUT2D eigenvalue weighted by Crippen LogP contribution is 2.27. The molecule has 0 saturated carbocycles. The van der Waals surface area contributed by atoms with Gasteiger partial charge in [-0.1, -0.05) is 34.6 Å². The van der Waals surface area contributed by atoms with Crippen LogP contribution in [0.25, 0.3) is 0 Å². The summed E-state index contributed by atoms with van der Waals surface area (Å²) in [5, 5.41) is 2.75. The van der Waals surface area contributed by atoms with Crippen LogP contribution in [-0.2, 0) is 34.1 Å². The third-order valence-electron chi connectivity index (χ3n) is 6.06. The van der Waals surface area contributed by atoms with E-state index >= 15 is 0 Å². The van der Waals surface area contributed by atoms with Gasteiger partial charge in [-0.2, -0.15) is 8.42 Å². The summed E-state index contributed by atoms with van der Waals surface area (Å²) in [4.78, 5) is 74.3. The number of ketones is 2. The first kappa shape index (κ1) is 32.9. The average Bonchev–Trinajstić information content (AvgIpc) is 3.09. The number of amides is 5. The Morgan fingerprint density at radius 1 is 1.05 bits per heavy atom. The summed E-state index contributed by atoms with van der Waals surface area (Å²) >= 11 is 0. The van der Waals surface area contributed by atoms with Crippen LogP contribution in [0.15, 0.2) is 12.2 Å². The molecule has 0 unspecified atom stereocenters. The van der Waals surface area contributed by atoms with E-state index in [2.05, 4.69) is 10.6 Å². The highest BCUT2D eigenvalue weighted by Gasteiger charge is 2.38. The van der Waals surface area contributed by atoms with Crippen LogP contribution in [-0.4, -0.2) is 77.6 Å². The third-order valence-corrected chi connectivity index (χ3v) is 7.23. The predicted octanol–water partition coefficient (Wildman–Crippen LogP) is 0.338. The maximum atomic E-state index is 13.3. The number of nitrogens with one attached hydrogen (secondary N) is 2. The van der Waals surface area contributed by atoms with Gasteiger partial charge in [0.2, 0.25) is 5.91 Å². The zero-order chi connectivity index (χ0) is 29.4. The Morgan fingerprint density at radius 2 is 1.61 bits per heavy atom. The molecule has 214 valence electrons. The summed E-state index contributed by atoms with van der Waals surface area (Å²) in [5.74, 6) is -4.46. The van der Waals surface area contributed by atoms with E-state index in [1.165, 1.54) is 0 Å². The normalized spacial score (nSPS) is 16.3. The van der Waals surface area contributed by atoms with E-state index in [1.54, 1.807) is 34.6 Å². The molecule has 3 atom stereocenters. The lowest BCUT2D eigenvalue weighted by atomic mass is 9.78. The third kappa shape index (κ3) is 9.97. The minimum absolute atomic E-state index is 0.192. The quantitative estimate of drug-likeness (QED) is 0.124. The number of hydrogen-bond donors (Lipinski definition) is 4. The zero-order valence-corrected chi connectivity index (χ0v) is 23.2. The van der Waals surface area contributed by atoms with Gasteiger partial charge in [0.1, 0.15) is 5.78 Å². The number of rotatable bonds is 15. The molecule has 0 bridgehead atoms. The van der Waals surface area contributed by atoms with Crippen LogP contribution in [0.1, 0.15) is 60.3 Å². The number of carbonyl (C=O) groups excluding carboxylic acids is 6. The molecular weight excluding hydrogens is 520 g/mol. The molecule has 14 heteroatoms. The van der Waals surface area contributed by atoms with E-state index in [1.807, 2.05) is 0 Å². The van der Waals surface area contributed by atoms with Crippen LogP contribution in [0.5, 0.6) is 0 Å². The topological polar surface area (TPSA) is 210 Å². The molecule has 13 nitrogen and oxygen atoms in total. The van der Waals surface area contributed by atoms with Gasteiger partial charge in [-0.05, 0) is 25.2 Å². The van der Waals surface area contributed by atoms with Crippen LogP contribution in [0.2, 0.25) is 0 Å². The first-order valence-corrected chi connectivity index (χ1v) is 13.8. The molecule has 0 saturated heterocycles. The maximum absolute atomic E-state index is 13.3. The standard InChI is InChI=1S/C24H38N4O9S/c1-14(2)20(16(29)13-15(21(32)24(3,4)5)7-6-11-26-23(25)34)27-22(33)17(38(35,36)37)10-12-28-18(30)8-9-19(28)31/h8-9,14-15,17,20H,6-7,10-13H2,1-5H3,(H,27,33)(H3,25,26,34)(H,35,36,37)/t15-,17+,20+/m1/s1. The Labute approximate surface area is 222 Å². The number of imide groups is 1. The molecule has 38 heavy (non-hydrogen) atoms. The van der Waals surface area contributed by atoms with Crippen molar-refractivity contribution in [3.8, 4) is 0 Å². The molecule has 0 radical (unpaired) electrons. The Hall–Kier alpha value is -3.13. The Kier molecular flexibility index (Phi) is 11.8. The number of primary amides is 1. The number of Topliss-reactive ketones (excluding diaryl/α,β-unsaturated/α-hetero) is 2. The van der Waals surface area contributed by atoms with Crippen LogP contribution in [0.4, 0.5) is 4.79 Å². The summed E-state index contributed by atoms with van der Waals surface area (Å²) in [7, 11) is -4.96. The minimum Gasteiger partial charge on any atom is -0.352 e. The number of carbonyl (C=O) groups is 6. The lowest BCUT2D eigenvalue weighted by Crippen LogP contribution is -2.51. The van der Waals surface area contributed by atoms with E-state index in [4.69, 9.17) is 5.73 Å². The van der Waals surface area contributed by atoms with E-state index in [0.29, 0.717) is 6.42 Å². The minimum atomic E-state index is -4.96. The summed E-state index contributed by atoms with van der Waals surface area (Å²) < 4.78 is 33.6. The molecule has 0 spiro atoms. The Balaban J connectivity index is 3.02. The van der Waals surface area contributed by atoms with E-state index in [9.17, 15) is 41.7 Å². The molecular formula is C24H38N4O9S. The van der Waals surface area contributed by atoms with Gasteiger partial charge in [-0.25, -0.2) is 4.79 Å². The van der Waals surface area contributed by atoms with Crippen molar-refractivity contribution >= 4 is 45.4 Å². The van der Waals surface area contributed by atoms with Crippen molar-refractivity contribution in [3.05, 3.63) is 12.2 Å². The van der Waals surface area contributed by atoms with Crippen molar-refractivity contribution in [3.63, 3.8) is 0 Å². The van der Waals surface area contributed by atoms with Crippen molar-refractivity contribution in [2.24, 2.45) is 23.0 Å². The van der Waals surface area contributed by atoms with Gasteiger partial charge in [0.15, 0.2) is 11.0 Å². The Morgan fingerprint density at radius 3 is 2.05 bits per heavy atom. The fourth-order valence-corrected chi connectivity index (χ4v) is 4.79. The maximum Gasteiger partial charge on any atom is 0.312 e. The number of urea groups is 1. The van der Waals surface area contributed by atoms with Crippen molar-refractivity contribution in [2.75, 3.05) is 13.1 Å². The van der Waals surface area contributed by atoms with E-state index in [-0.39, 0.29) is 25.2 Å². The summed E-state index contributed by atoms with van der Waals surface area (Å²) in [6.07, 6.45) is 1.81. The van der Waals surface area contributed by atoms with Crippen LogP contribution in [0.3, 0.4) is 0 Å². The molecule has 5 amide bonds. The monoisotopic (exact) mass is 558 g/mol. The number of nitrogens with zero attached hydrogens (tertiary/aromatic N) is 1. The summed E-state index contributed by atoms with van der Waals surface area (Å²) in [5.41, 5.74) is 4.28. The summed E-state index contributed by atoms with van der Waals surface area (Å²) in [6.45, 7) is 8.13. The van der Waals surface area contributed by atoms with Gasteiger partial charge in [0, 0.05) is 43.0 Å². The first-order chi connectivity index (χ1) is 17.4. The molecule has 1 rings (SSSR count). The van der Waals surface area contributed by atoms with Crippen molar-refractivity contribution in [2.45, 2.75) is 71.6 Å².